The first-order valence-electron chi connectivity index (χ1n) is 5.96. The summed E-state index contributed by atoms with van der Waals surface area (Å²) in [4.78, 5) is 13.3. The molecule has 106 valence electrons. The van der Waals surface area contributed by atoms with Gasteiger partial charge in [0.15, 0.2) is 0 Å². The number of hydrogen-bond acceptors (Lipinski definition) is 2. The molecule has 2 amide bonds. The quantitative estimate of drug-likeness (QED) is 0.898. The maximum atomic E-state index is 11.9. The van der Waals surface area contributed by atoms with Crippen molar-refractivity contribution in [1.82, 2.24) is 10.2 Å². The Morgan fingerprint density at radius 2 is 2.00 bits per heavy atom. The summed E-state index contributed by atoms with van der Waals surface area (Å²) < 4.78 is 0. The molecule has 0 heterocycles. The molecular weight excluding hydrogens is 287 g/mol. The maximum Gasteiger partial charge on any atom is 0.317 e. The van der Waals surface area contributed by atoms with Crippen molar-refractivity contribution in [3.05, 3.63) is 33.8 Å². The van der Waals surface area contributed by atoms with Gasteiger partial charge < -0.3 is 15.3 Å². The van der Waals surface area contributed by atoms with E-state index in [2.05, 4.69) is 5.32 Å². The molecule has 6 heteroatoms. The normalized spacial score (nSPS) is 13.8. The molecule has 0 spiro atoms. The highest BCUT2D eigenvalue weighted by molar-refractivity contribution is 6.42. The number of rotatable bonds is 4. The molecule has 4 nitrogen and oxygen atoms in total. The molecule has 1 rings (SSSR count). The van der Waals surface area contributed by atoms with Crippen LogP contribution in [0.3, 0.4) is 0 Å². The van der Waals surface area contributed by atoms with Gasteiger partial charge in [-0.2, -0.15) is 0 Å². The largest absolute Gasteiger partial charge is 0.392 e. The van der Waals surface area contributed by atoms with Gasteiger partial charge in [-0.05, 0) is 31.5 Å². The Kier molecular flexibility index (Phi) is 5.91. The number of likely N-dealkylation sites (N-methyl/N-ethyl adjacent to an activating group) is 1. The highest BCUT2D eigenvalue weighted by Crippen LogP contribution is 2.25. The van der Waals surface area contributed by atoms with E-state index >= 15 is 0 Å². The van der Waals surface area contributed by atoms with Gasteiger partial charge in [0.1, 0.15) is 0 Å². The molecule has 0 fully saturated rings. The highest BCUT2D eigenvalue weighted by Gasteiger charge is 2.15. The monoisotopic (exact) mass is 304 g/mol. The van der Waals surface area contributed by atoms with Crippen LogP contribution in [0.2, 0.25) is 10.0 Å². The summed E-state index contributed by atoms with van der Waals surface area (Å²) >= 11 is 11.8. The van der Waals surface area contributed by atoms with Crippen LogP contribution in [0, 0.1) is 0 Å². The van der Waals surface area contributed by atoms with Gasteiger partial charge in [-0.1, -0.05) is 29.3 Å². The number of carbonyl (C=O) groups is 1. The number of hydrogen-bond donors (Lipinski definition) is 2. The predicted molar refractivity (Wildman–Crippen MR) is 77.7 cm³/mol. The Morgan fingerprint density at radius 1 is 1.37 bits per heavy atom. The average Bonchev–Trinajstić information content (AvgIpc) is 2.31. The Hall–Kier alpha value is -0.970. The minimum Gasteiger partial charge on any atom is -0.392 e. The van der Waals surface area contributed by atoms with E-state index in [1.807, 2.05) is 13.0 Å². The molecule has 1 aromatic carbocycles. The molecule has 0 aromatic heterocycles. The second-order valence-corrected chi connectivity index (χ2v) is 5.39. The minimum atomic E-state index is -0.559. The first-order valence-corrected chi connectivity index (χ1v) is 6.71. The van der Waals surface area contributed by atoms with Crippen molar-refractivity contribution >= 4 is 29.2 Å². The number of halogens is 2. The number of aliphatic hydroxyl groups excluding tert-OH is 1. The second kappa shape index (κ2) is 6.98. The lowest BCUT2D eigenvalue weighted by molar-refractivity contribution is 0.142. The molecule has 0 aliphatic rings. The van der Waals surface area contributed by atoms with Crippen molar-refractivity contribution in [3.8, 4) is 0 Å². The van der Waals surface area contributed by atoms with E-state index in [4.69, 9.17) is 23.2 Å². The molecule has 0 saturated heterocycles. The van der Waals surface area contributed by atoms with Gasteiger partial charge in [0, 0.05) is 13.6 Å². The van der Waals surface area contributed by atoms with Crippen LogP contribution < -0.4 is 5.32 Å². The van der Waals surface area contributed by atoms with Crippen LogP contribution in [0.4, 0.5) is 4.79 Å². The topological polar surface area (TPSA) is 52.6 Å². The van der Waals surface area contributed by atoms with Crippen molar-refractivity contribution < 1.29 is 9.90 Å². The summed E-state index contributed by atoms with van der Waals surface area (Å²) in [5, 5.41) is 13.0. The molecule has 0 radical (unpaired) electrons. The van der Waals surface area contributed by atoms with Crippen molar-refractivity contribution in [3.63, 3.8) is 0 Å². The van der Waals surface area contributed by atoms with E-state index in [-0.39, 0.29) is 18.6 Å². The zero-order valence-electron chi connectivity index (χ0n) is 11.2. The molecule has 2 atom stereocenters. The zero-order chi connectivity index (χ0) is 14.6. The van der Waals surface area contributed by atoms with Crippen LogP contribution in [0.5, 0.6) is 0 Å². The summed E-state index contributed by atoms with van der Waals surface area (Å²) in [6, 6.07) is 4.79. The standard InChI is InChI=1S/C13H18Cl2N2O2/c1-8(18)7-17(3)13(19)16-9(2)10-4-5-11(14)12(15)6-10/h4-6,8-9,18H,7H2,1-3H3,(H,16,19). The number of benzene rings is 1. The Labute approximate surface area is 123 Å². The zero-order valence-corrected chi connectivity index (χ0v) is 12.7. The van der Waals surface area contributed by atoms with Crippen LogP contribution in [-0.4, -0.2) is 35.7 Å². The fourth-order valence-electron chi connectivity index (χ4n) is 1.64. The Morgan fingerprint density at radius 3 is 2.53 bits per heavy atom. The summed E-state index contributed by atoms with van der Waals surface area (Å²) in [5.41, 5.74) is 0.869. The van der Waals surface area contributed by atoms with E-state index in [1.54, 1.807) is 26.1 Å². The van der Waals surface area contributed by atoms with E-state index < -0.39 is 6.10 Å². The van der Waals surface area contributed by atoms with Crippen molar-refractivity contribution in [1.29, 1.82) is 0 Å². The van der Waals surface area contributed by atoms with Gasteiger partial charge >= 0.3 is 6.03 Å². The summed E-state index contributed by atoms with van der Waals surface area (Å²) in [5.74, 6) is 0. The van der Waals surface area contributed by atoms with Gasteiger partial charge in [0.2, 0.25) is 0 Å². The van der Waals surface area contributed by atoms with Gasteiger partial charge in [-0.15, -0.1) is 0 Å². The van der Waals surface area contributed by atoms with Gasteiger partial charge in [0.05, 0.1) is 22.2 Å². The molecule has 0 aliphatic heterocycles. The van der Waals surface area contributed by atoms with Crippen LogP contribution >= 0.6 is 23.2 Å². The molecule has 0 bridgehead atoms. The van der Waals surface area contributed by atoms with E-state index in [0.717, 1.165) is 5.56 Å². The smallest absolute Gasteiger partial charge is 0.317 e. The molecule has 0 aliphatic carbocycles. The molecule has 19 heavy (non-hydrogen) atoms. The third-order valence-corrected chi connectivity index (χ3v) is 3.41. The predicted octanol–water partition coefficient (Wildman–Crippen LogP) is 3.08. The molecule has 2 unspecified atom stereocenters. The van der Waals surface area contributed by atoms with Crippen LogP contribution in [0.15, 0.2) is 18.2 Å². The molecule has 0 saturated carbocycles. The molecular formula is C13H18Cl2N2O2. The van der Waals surface area contributed by atoms with Crippen molar-refractivity contribution in [2.75, 3.05) is 13.6 Å². The van der Waals surface area contributed by atoms with Crippen molar-refractivity contribution in [2.24, 2.45) is 0 Å². The van der Waals surface area contributed by atoms with Gasteiger partial charge in [-0.25, -0.2) is 4.79 Å². The second-order valence-electron chi connectivity index (χ2n) is 4.57. The number of carbonyl (C=O) groups excluding carboxylic acids is 1. The summed E-state index contributed by atoms with van der Waals surface area (Å²) in [7, 11) is 1.63. The fourth-order valence-corrected chi connectivity index (χ4v) is 1.95. The van der Waals surface area contributed by atoms with Crippen LogP contribution in [0.1, 0.15) is 25.5 Å². The average molecular weight is 305 g/mol. The number of nitrogens with one attached hydrogen (secondary N) is 1. The van der Waals surface area contributed by atoms with E-state index in [9.17, 15) is 9.90 Å². The lowest BCUT2D eigenvalue weighted by Crippen LogP contribution is -2.41. The third kappa shape index (κ3) is 4.90. The number of aliphatic hydroxyl groups is 1. The van der Waals surface area contributed by atoms with Crippen LogP contribution in [-0.2, 0) is 0 Å². The van der Waals surface area contributed by atoms with Gasteiger partial charge in [-0.3, -0.25) is 0 Å². The summed E-state index contributed by atoms with van der Waals surface area (Å²) in [6.07, 6.45) is -0.559. The Balaban J connectivity index is 2.66. The number of nitrogens with zero attached hydrogens (tertiary/aromatic N) is 1. The highest BCUT2D eigenvalue weighted by atomic mass is 35.5. The minimum absolute atomic E-state index is 0.196. The fraction of sp³-hybridized carbons (Fsp3) is 0.462. The van der Waals surface area contributed by atoms with E-state index in [0.29, 0.717) is 10.0 Å². The maximum absolute atomic E-state index is 11.9. The lowest BCUT2D eigenvalue weighted by Gasteiger charge is -2.22. The Bertz CT molecular complexity index is 452. The van der Waals surface area contributed by atoms with Crippen LogP contribution in [0.25, 0.3) is 0 Å². The van der Waals surface area contributed by atoms with E-state index in [1.165, 1.54) is 4.90 Å². The molecule has 2 N–H and O–H groups in total. The number of urea groups is 1. The summed E-state index contributed by atoms with van der Waals surface area (Å²) in [6.45, 7) is 3.76. The first-order chi connectivity index (χ1) is 8.81. The van der Waals surface area contributed by atoms with Crippen molar-refractivity contribution in [2.45, 2.75) is 26.0 Å². The SMILES string of the molecule is CC(O)CN(C)C(=O)NC(C)c1ccc(Cl)c(Cl)c1. The number of amides is 2. The van der Waals surface area contributed by atoms with Gasteiger partial charge in [0.25, 0.3) is 0 Å². The first kappa shape index (κ1) is 16.1. The lowest BCUT2D eigenvalue weighted by atomic mass is 10.1. The molecule has 1 aromatic rings. The third-order valence-electron chi connectivity index (χ3n) is 2.67.